The number of fused-ring (bicyclic) bond motifs is 1. The average Bonchev–Trinajstić information content (AvgIpc) is 2.98. The van der Waals surface area contributed by atoms with Gasteiger partial charge in [0.05, 0.1) is 0 Å². The number of aromatic amines is 1. The highest BCUT2D eigenvalue weighted by atomic mass is 16.4. The lowest BCUT2D eigenvalue weighted by molar-refractivity contribution is 0.102. The molecule has 0 aliphatic carbocycles. The average molecular weight is 325 g/mol. The number of carbonyl (C=O) groups is 1. The lowest BCUT2D eigenvalue weighted by Crippen LogP contribution is -2.13. The summed E-state index contributed by atoms with van der Waals surface area (Å²) in [5, 5.41) is 10.6. The second kappa shape index (κ2) is 5.96. The molecular formula is C18H19N3O3. The molecule has 0 bridgehead atoms. The van der Waals surface area contributed by atoms with Crippen LogP contribution < -0.4 is 10.9 Å². The highest BCUT2D eigenvalue weighted by molar-refractivity contribution is 6.04. The molecular weight excluding hydrogens is 306 g/mol. The molecule has 6 heteroatoms. The molecule has 0 radical (unpaired) electrons. The van der Waals surface area contributed by atoms with Gasteiger partial charge >= 0.3 is 5.63 Å². The maximum atomic E-state index is 12.4. The van der Waals surface area contributed by atoms with Crippen molar-refractivity contribution in [2.75, 3.05) is 5.32 Å². The van der Waals surface area contributed by atoms with Gasteiger partial charge in [-0.2, -0.15) is 5.10 Å². The number of anilines is 1. The predicted molar refractivity (Wildman–Crippen MR) is 92.6 cm³/mol. The van der Waals surface area contributed by atoms with Crippen LogP contribution in [0.5, 0.6) is 0 Å². The normalized spacial score (nSPS) is 11.2. The molecule has 0 saturated heterocycles. The van der Waals surface area contributed by atoms with E-state index in [1.165, 1.54) is 6.07 Å². The number of hydrogen-bond donors (Lipinski definition) is 2. The Morgan fingerprint density at radius 3 is 2.58 bits per heavy atom. The smallest absolute Gasteiger partial charge is 0.336 e. The number of amides is 1. The first-order valence-electron chi connectivity index (χ1n) is 7.77. The van der Waals surface area contributed by atoms with Crippen LogP contribution in [0, 0.1) is 13.8 Å². The first kappa shape index (κ1) is 16.0. The summed E-state index contributed by atoms with van der Waals surface area (Å²) in [5.74, 6) is -0.0114. The van der Waals surface area contributed by atoms with Gasteiger partial charge in [-0.3, -0.25) is 9.89 Å². The minimum atomic E-state index is -0.381. The number of hydrogen-bond acceptors (Lipinski definition) is 4. The van der Waals surface area contributed by atoms with Gasteiger partial charge in [0.25, 0.3) is 5.91 Å². The molecule has 0 spiro atoms. The maximum Gasteiger partial charge on any atom is 0.336 e. The van der Waals surface area contributed by atoms with Gasteiger partial charge in [-0.05, 0) is 49.1 Å². The van der Waals surface area contributed by atoms with E-state index in [2.05, 4.69) is 15.5 Å². The Labute approximate surface area is 138 Å². The molecule has 6 nitrogen and oxygen atoms in total. The van der Waals surface area contributed by atoms with Gasteiger partial charge in [0.2, 0.25) is 0 Å². The lowest BCUT2D eigenvalue weighted by Gasteiger charge is -2.09. The van der Waals surface area contributed by atoms with Crippen molar-refractivity contribution in [2.24, 2.45) is 0 Å². The van der Waals surface area contributed by atoms with Crippen molar-refractivity contribution in [2.45, 2.75) is 33.6 Å². The minimum absolute atomic E-state index is 0.270. The Kier molecular flexibility index (Phi) is 3.97. The largest absolute Gasteiger partial charge is 0.423 e. The fraction of sp³-hybridized carbons (Fsp3) is 0.278. The van der Waals surface area contributed by atoms with E-state index >= 15 is 0 Å². The number of aryl methyl sites for hydroxylation is 2. The maximum absolute atomic E-state index is 12.4. The summed E-state index contributed by atoms with van der Waals surface area (Å²) >= 11 is 0. The minimum Gasteiger partial charge on any atom is -0.423 e. The summed E-state index contributed by atoms with van der Waals surface area (Å²) in [6.07, 6.45) is 0. The number of aromatic nitrogens is 2. The highest BCUT2D eigenvalue weighted by Gasteiger charge is 2.14. The second-order valence-corrected chi connectivity index (χ2v) is 6.23. The summed E-state index contributed by atoms with van der Waals surface area (Å²) < 4.78 is 5.21. The van der Waals surface area contributed by atoms with Gasteiger partial charge in [-0.1, -0.05) is 13.8 Å². The second-order valence-electron chi connectivity index (χ2n) is 6.23. The van der Waals surface area contributed by atoms with Crippen molar-refractivity contribution in [3.63, 3.8) is 0 Å². The Morgan fingerprint density at radius 1 is 1.17 bits per heavy atom. The third-order valence-corrected chi connectivity index (χ3v) is 4.00. The van der Waals surface area contributed by atoms with Gasteiger partial charge < -0.3 is 9.73 Å². The van der Waals surface area contributed by atoms with Crippen molar-refractivity contribution in [1.82, 2.24) is 10.2 Å². The van der Waals surface area contributed by atoms with Crippen LogP contribution in [0.1, 0.15) is 47.1 Å². The van der Waals surface area contributed by atoms with E-state index in [9.17, 15) is 9.59 Å². The number of rotatable bonds is 3. The predicted octanol–water partition coefficient (Wildman–Crippen LogP) is 3.51. The summed E-state index contributed by atoms with van der Waals surface area (Å²) in [5.41, 5.74) is 3.66. The number of H-pyrrole nitrogens is 1. The monoisotopic (exact) mass is 325 g/mol. The van der Waals surface area contributed by atoms with Crippen LogP contribution in [0.25, 0.3) is 11.0 Å². The van der Waals surface area contributed by atoms with Crippen LogP contribution >= 0.6 is 0 Å². The van der Waals surface area contributed by atoms with E-state index in [-0.39, 0.29) is 17.5 Å². The summed E-state index contributed by atoms with van der Waals surface area (Å²) in [7, 11) is 0. The van der Waals surface area contributed by atoms with E-state index in [4.69, 9.17) is 4.42 Å². The topological polar surface area (TPSA) is 88.0 Å². The van der Waals surface area contributed by atoms with E-state index in [1.807, 2.05) is 33.8 Å². The molecule has 0 aliphatic heterocycles. The van der Waals surface area contributed by atoms with Crippen LogP contribution in [0.3, 0.4) is 0 Å². The molecule has 1 amide bonds. The molecule has 0 aliphatic rings. The van der Waals surface area contributed by atoms with Gasteiger partial charge in [0.1, 0.15) is 5.58 Å². The Bertz CT molecular complexity index is 983. The number of nitrogens with zero attached hydrogens (tertiary/aromatic N) is 1. The molecule has 24 heavy (non-hydrogen) atoms. The number of carbonyl (C=O) groups excluding carboxylic acids is 1. The molecule has 1 aromatic carbocycles. The molecule has 3 rings (SSSR count). The first-order chi connectivity index (χ1) is 11.3. The zero-order chi connectivity index (χ0) is 17.4. The first-order valence-corrected chi connectivity index (χ1v) is 7.77. The number of benzene rings is 1. The van der Waals surface area contributed by atoms with Crippen molar-refractivity contribution in [3.05, 3.63) is 57.2 Å². The van der Waals surface area contributed by atoms with Crippen LogP contribution in [0.15, 0.2) is 33.5 Å². The van der Waals surface area contributed by atoms with E-state index in [0.29, 0.717) is 17.0 Å². The zero-order valence-corrected chi connectivity index (χ0v) is 14.1. The Balaban J connectivity index is 1.95. The summed E-state index contributed by atoms with van der Waals surface area (Å²) in [6, 6.07) is 6.76. The SMILES string of the molecule is Cc1cc2oc(=O)cc(C)c2cc1NC(=O)c1cc(C(C)C)[nH]n1. The van der Waals surface area contributed by atoms with E-state index in [1.54, 1.807) is 12.1 Å². The quantitative estimate of drug-likeness (QED) is 0.721. The molecule has 0 atom stereocenters. The van der Waals surface area contributed by atoms with Crippen LogP contribution in [-0.4, -0.2) is 16.1 Å². The number of nitrogens with one attached hydrogen (secondary N) is 2. The zero-order valence-electron chi connectivity index (χ0n) is 14.1. The molecule has 3 aromatic rings. The lowest BCUT2D eigenvalue weighted by atomic mass is 10.1. The van der Waals surface area contributed by atoms with Crippen molar-refractivity contribution >= 4 is 22.6 Å². The third kappa shape index (κ3) is 2.95. The van der Waals surface area contributed by atoms with Crippen LogP contribution in [-0.2, 0) is 0 Å². The van der Waals surface area contributed by atoms with E-state index < -0.39 is 0 Å². The fourth-order valence-electron chi connectivity index (χ4n) is 2.54. The van der Waals surface area contributed by atoms with Gasteiger partial charge in [0.15, 0.2) is 5.69 Å². The third-order valence-electron chi connectivity index (χ3n) is 4.00. The van der Waals surface area contributed by atoms with Crippen LogP contribution in [0.2, 0.25) is 0 Å². The van der Waals surface area contributed by atoms with Crippen LogP contribution in [0.4, 0.5) is 5.69 Å². The molecule has 0 unspecified atom stereocenters. The van der Waals surface area contributed by atoms with Crippen molar-refractivity contribution < 1.29 is 9.21 Å². The standard InChI is InChI=1S/C18H19N3O3/c1-9(2)13-8-15(21-20-13)18(23)19-14-7-12-10(3)6-17(22)24-16(12)5-11(14)4/h5-9H,1-4H3,(H,19,23)(H,20,21). The summed E-state index contributed by atoms with van der Waals surface area (Å²) in [4.78, 5) is 23.9. The van der Waals surface area contributed by atoms with Gasteiger partial charge in [-0.15, -0.1) is 0 Å². The Morgan fingerprint density at radius 2 is 1.92 bits per heavy atom. The molecule has 2 aromatic heterocycles. The molecule has 2 heterocycles. The van der Waals surface area contributed by atoms with E-state index in [0.717, 1.165) is 22.2 Å². The van der Waals surface area contributed by atoms with Crippen molar-refractivity contribution in [1.29, 1.82) is 0 Å². The van der Waals surface area contributed by atoms with Gasteiger partial charge in [0, 0.05) is 22.8 Å². The molecule has 0 fully saturated rings. The fourth-order valence-corrected chi connectivity index (χ4v) is 2.54. The van der Waals surface area contributed by atoms with Gasteiger partial charge in [-0.25, -0.2) is 4.79 Å². The Hall–Kier alpha value is -2.89. The molecule has 0 saturated carbocycles. The van der Waals surface area contributed by atoms with Crippen molar-refractivity contribution in [3.8, 4) is 0 Å². The summed E-state index contributed by atoms with van der Waals surface area (Å²) in [6.45, 7) is 7.74. The molecule has 124 valence electrons. The highest BCUT2D eigenvalue weighted by Crippen LogP contribution is 2.25. The molecule has 2 N–H and O–H groups in total.